The monoisotopic (exact) mass is 308 g/mol. The zero-order valence-electron chi connectivity index (χ0n) is 12.7. The maximum atomic E-state index is 12.8. The molecule has 1 aliphatic rings. The first-order chi connectivity index (χ1) is 11.1. The van der Waals surface area contributed by atoms with E-state index in [1.165, 1.54) is 0 Å². The molecule has 2 aromatic heterocycles. The number of carbonyl (C=O) groups excluding carboxylic acids is 1. The lowest BCUT2D eigenvalue weighted by atomic mass is 9.98. The first-order valence-corrected chi connectivity index (χ1v) is 7.57. The van der Waals surface area contributed by atoms with Crippen LogP contribution in [0.5, 0.6) is 5.75 Å². The van der Waals surface area contributed by atoms with E-state index in [-0.39, 0.29) is 23.5 Å². The van der Waals surface area contributed by atoms with Gasteiger partial charge in [0.05, 0.1) is 11.6 Å². The number of rotatable bonds is 1. The van der Waals surface area contributed by atoms with E-state index in [1.54, 1.807) is 29.3 Å². The zero-order valence-corrected chi connectivity index (χ0v) is 12.7. The molecule has 116 valence electrons. The largest absolute Gasteiger partial charge is 0.506 e. The molecule has 1 amide bonds. The maximum Gasteiger partial charge on any atom is 0.290 e. The summed E-state index contributed by atoms with van der Waals surface area (Å²) in [6.45, 7) is 2.60. The average Bonchev–Trinajstić information content (AvgIpc) is 3.01. The molecule has 0 unspecified atom stereocenters. The Hall–Kier alpha value is -2.89. The van der Waals surface area contributed by atoms with E-state index >= 15 is 0 Å². The molecule has 1 aliphatic heterocycles. The number of aromatic amines is 1. The Kier molecular flexibility index (Phi) is 3.04. The number of phenols is 1. The van der Waals surface area contributed by atoms with E-state index in [2.05, 4.69) is 15.0 Å². The fourth-order valence-electron chi connectivity index (χ4n) is 3.16. The number of nitrogens with one attached hydrogen (secondary N) is 1. The van der Waals surface area contributed by atoms with Crippen LogP contribution in [0.1, 0.15) is 34.8 Å². The summed E-state index contributed by atoms with van der Waals surface area (Å²) in [4.78, 5) is 26.3. The second kappa shape index (κ2) is 5.08. The highest BCUT2D eigenvalue weighted by Gasteiger charge is 2.30. The van der Waals surface area contributed by atoms with Crippen LogP contribution in [0.15, 0.2) is 36.5 Å². The van der Waals surface area contributed by atoms with Crippen molar-refractivity contribution in [3.8, 4) is 5.75 Å². The SMILES string of the molecule is C[C@@H]1c2cccnc2CCN1C(=O)c1nc2cccc(O)c2[nH]1. The van der Waals surface area contributed by atoms with Crippen LogP contribution in [0.4, 0.5) is 0 Å². The van der Waals surface area contributed by atoms with Gasteiger partial charge < -0.3 is 15.0 Å². The van der Waals surface area contributed by atoms with Gasteiger partial charge in [-0.05, 0) is 30.7 Å². The molecular formula is C17H16N4O2. The molecule has 0 bridgehead atoms. The van der Waals surface area contributed by atoms with Crippen LogP contribution < -0.4 is 0 Å². The summed E-state index contributed by atoms with van der Waals surface area (Å²) in [5.74, 6) is 0.179. The van der Waals surface area contributed by atoms with Crippen molar-refractivity contribution >= 4 is 16.9 Å². The summed E-state index contributed by atoms with van der Waals surface area (Å²) in [6, 6.07) is 8.89. The Bertz CT molecular complexity index is 902. The molecule has 1 atom stereocenters. The number of pyridine rings is 1. The average molecular weight is 308 g/mol. The minimum Gasteiger partial charge on any atom is -0.506 e. The van der Waals surface area contributed by atoms with Gasteiger partial charge in [0.15, 0.2) is 5.82 Å². The number of nitrogens with zero attached hydrogens (tertiary/aromatic N) is 3. The molecule has 3 aromatic rings. The van der Waals surface area contributed by atoms with Crippen LogP contribution in [-0.4, -0.2) is 37.4 Å². The molecule has 0 aliphatic carbocycles. The molecular weight excluding hydrogens is 292 g/mol. The molecule has 1 aromatic carbocycles. The van der Waals surface area contributed by atoms with E-state index in [1.807, 2.05) is 19.1 Å². The van der Waals surface area contributed by atoms with Crippen LogP contribution in [0.3, 0.4) is 0 Å². The van der Waals surface area contributed by atoms with Gasteiger partial charge in [0.1, 0.15) is 11.3 Å². The van der Waals surface area contributed by atoms with E-state index in [9.17, 15) is 9.90 Å². The van der Waals surface area contributed by atoms with Crippen molar-refractivity contribution in [2.75, 3.05) is 6.54 Å². The fraction of sp³-hybridized carbons (Fsp3) is 0.235. The predicted molar refractivity (Wildman–Crippen MR) is 85.2 cm³/mol. The van der Waals surface area contributed by atoms with Gasteiger partial charge in [-0.2, -0.15) is 0 Å². The Morgan fingerprint density at radius 3 is 3.04 bits per heavy atom. The third-order valence-electron chi connectivity index (χ3n) is 4.39. The van der Waals surface area contributed by atoms with Gasteiger partial charge >= 0.3 is 0 Å². The molecule has 6 nitrogen and oxygen atoms in total. The number of carbonyl (C=O) groups is 1. The first-order valence-electron chi connectivity index (χ1n) is 7.57. The Labute approximate surface area is 132 Å². The Morgan fingerprint density at radius 1 is 1.35 bits per heavy atom. The van der Waals surface area contributed by atoms with Gasteiger partial charge in [-0.15, -0.1) is 0 Å². The highest BCUT2D eigenvalue weighted by atomic mass is 16.3. The van der Waals surface area contributed by atoms with E-state index in [0.717, 1.165) is 17.7 Å². The number of aromatic hydroxyl groups is 1. The molecule has 23 heavy (non-hydrogen) atoms. The van der Waals surface area contributed by atoms with Crippen LogP contribution in [0.2, 0.25) is 0 Å². The second-order valence-electron chi connectivity index (χ2n) is 5.72. The number of hydrogen-bond acceptors (Lipinski definition) is 4. The number of hydrogen-bond donors (Lipinski definition) is 2. The number of fused-ring (bicyclic) bond motifs is 2. The van der Waals surface area contributed by atoms with Gasteiger partial charge in [0, 0.05) is 24.9 Å². The standard InChI is InChI=1S/C17H16N4O2/c1-10-11-4-3-8-18-12(11)7-9-21(10)17(23)16-19-13-5-2-6-14(22)15(13)20-16/h2-6,8,10,22H,7,9H2,1H3,(H,19,20)/t10-/m1/s1. The van der Waals surface area contributed by atoms with Crippen molar-refractivity contribution in [3.05, 3.63) is 53.6 Å². The van der Waals surface area contributed by atoms with Crippen LogP contribution in [0, 0.1) is 0 Å². The maximum absolute atomic E-state index is 12.8. The van der Waals surface area contributed by atoms with Gasteiger partial charge in [-0.3, -0.25) is 9.78 Å². The molecule has 0 saturated carbocycles. The van der Waals surface area contributed by atoms with E-state index in [0.29, 0.717) is 17.6 Å². The Balaban J connectivity index is 1.70. The minimum absolute atomic E-state index is 0.0539. The van der Waals surface area contributed by atoms with Crippen LogP contribution in [0.25, 0.3) is 11.0 Å². The molecule has 0 radical (unpaired) electrons. The molecule has 6 heteroatoms. The van der Waals surface area contributed by atoms with Gasteiger partial charge in [-0.1, -0.05) is 12.1 Å². The van der Waals surface area contributed by atoms with Gasteiger partial charge in [0.2, 0.25) is 0 Å². The summed E-state index contributed by atoms with van der Waals surface area (Å²) in [5.41, 5.74) is 3.19. The quantitative estimate of drug-likeness (QED) is 0.723. The summed E-state index contributed by atoms with van der Waals surface area (Å²) < 4.78 is 0. The number of aromatic nitrogens is 3. The number of amides is 1. The van der Waals surface area contributed by atoms with E-state index in [4.69, 9.17) is 0 Å². The predicted octanol–water partition coefficient (Wildman–Crippen LogP) is 2.42. The smallest absolute Gasteiger partial charge is 0.290 e. The zero-order chi connectivity index (χ0) is 16.0. The number of phenolic OH excluding ortho intramolecular Hbond substituents is 1. The first kappa shape index (κ1) is 13.8. The van der Waals surface area contributed by atoms with Crippen molar-refractivity contribution in [3.63, 3.8) is 0 Å². The molecule has 0 fully saturated rings. The molecule has 3 heterocycles. The number of benzene rings is 1. The normalized spacial score (nSPS) is 17.3. The third-order valence-corrected chi connectivity index (χ3v) is 4.39. The lowest BCUT2D eigenvalue weighted by Crippen LogP contribution is -2.39. The highest BCUT2D eigenvalue weighted by Crippen LogP contribution is 2.29. The molecule has 4 rings (SSSR count). The van der Waals surface area contributed by atoms with Crippen molar-refractivity contribution in [1.82, 2.24) is 19.9 Å². The number of imidazole rings is 1. The number of para-hydroxylation sites is 1. The summed E-state index contributed by atoms with van der Waals surface area (Å²) in [7, 11) is 0. The van der Waals surface area contributed by atoms with Crippen LogP contribution >= 0.6 is 0 Å². The Morgan fingerprint density at radius 2 is 2.22 bits per heavy atom. The lowest BCUT2D eigenvalue weighted by molar-refractivity contribution is 0.0665. The summed E-state index contributed by atoms with van der Waals surface area (Å²) in [5, 5.41) is 9.85. The van der Waals surface area contributed by atoms with E-state index < -0.39 is 0 Å². The molecule has 0 saturated heterocycles. The van der Waals surface area contributed by atoms with Gasteiger partial charge in [0.25, 0.3) is 5.91 Å². The third kappa shape index (κ3) is 2.14. The summed E-state index contributed by atoms with van der Waals surface area (Å²) >= 11 is 0. The van der Waals surface area contributed by atoms with Gasteiger partial charge in [-0.25, -0.2) is 4.98 Å². The highest BCUT2D eigenvalue weighted by molar-refractivity contribution is 5.95. The lowest BCUT2D eigenvalue weighted by Gasteiger charge is -2.34. The molecule has 2 N–H and O–H groups in total. The van der Waals surface area contributed by atoms with Crippen molar-refractivity contribution in [2.45, 2.75) is 19.4 Å². The van der Waals surface area contributed by atoms with Crippen molar-refractivity contribution in [2.24, 2.45) is 0 Å². The molecule has 0 spiro atoms. The topological polar surface area (TPSA) is 82.1 Å². The van der Waals surface area contributed by atoms with Crippen molar-refractivity contribution < 1.29 is 9.90 Å². The van der Waals surface area contributed by atoms with Crippen molar-refractivity contribution in [1.29, 1.82) is 0 Å². The van der Waals surface area contributed by atoms with Crippen LogP contribution in [-0.2, 0) is 6.42 Å². The second-order valence-corrected chi connectivity index (χ2v) is 5.72. The summed E-state index contributed by atoms with van der Waals surface area (Å²) in [6.07, 6.45) is 2.52. The fourth-order valence-corrected chi connectivity index (χ4v) is 3.16. The number of H-pyrrole nitrogens is 1. The minimum atomic E-state index is -0.164.